The number of hydrogen-bond donors (Lipinski definition) is 3. The van der Waals surface area contributed by atoms with E-state index in [9.17, 15) is 4.79 Å². The molecule has 0 spiro atoms. The normalized spacial score (nSPS) is 12.4. The van der Waals surface area contributed by atoms with Crippen molar-refractivity contribution in [3.8, 4) is 0 Å². The molecule has 2 aromatic carbocycles. The lowest BCUT2D eigenvalue weighted by Crippen LogP contribution is -2.17. The van der Waals surface area contributed by atoms with Crippen molar-refractivity contribution < 1.29 is 4.79 Å². The van der Waals surface area contributed by atoms with Crippen molar-refractivity contribution in [3.63, 3.8) is 0 Å². The van der Waals surface area contributed by atoms with E-state index < -0.39 is 0 Å². The Hall–Kier alpha value is -2.49. The van der Waals surface area contributed by atoms with Crippen LogP contribution in [0.25, 0.3) is 0 Å². The molecule has 4 nitrogen and oxygen atoms in total. The zero-order chi connectivity index (χ0) is 14.7. The summed E-state index contributed by atoms with van der Waals surface area (Å²) in [7, 11) is 1.64. The van der Waals surface area contributed by atoms with Gasteiger partial charge in [-0.1, -0.05) is 24.3 Å². The van der Waals surface area contributed by atoms with Crippen LogP contribution in [-0.2, 0) is 13.0 Å². The van der Waals surface area contributed by atoms with Crippen LogP contribution in [-0.4, -0.2) is 19.5 Å². The number of rotatable bonds is 4. The molecule has 3 rings (SSSR count). The minimum absolute atomic E-state index is 0.0686. The van der Waals surface area contributed by atoms with Crippen LogP contribution in [0.5, 0.6) is 0 Å². The molecule has 0 unspecified atom stereocenters. The molecule has 1 heterocycles. The summed E-state index contributed by atoms with van der Waals surface area (Å²) in [5, 5.41) is 9.47. The van der Waals surface area contributed by atoms with E-state index in [1.54, 1.807) is 7.05 Å². The molecule has 0 aliphatic carbocycles. The lowest BCUT2D eigenvalue weighted by molar-refractivity contribution is 0.0963. The molecular weight excluding hydrogens is 262 g/mol. The smallest absolute Gasteiger partial charge is 0.251 e. The topological polar surface area (TPSA) is 53.2 Å². The Morgan fingerprint density at radius 2 is 2.10 bits per heavy atom. The van der Waals surface area contributed by atoms with Gasteiger partial charge in [-0.3, -0.25) is 4.79 Å². The fourth-order valence-electron chi connectivity index (χ4n) is 2.67. The minimum atomic E-state index is -0.0686. The SMILES string of the molecule is CNC(=O)c1cccc(NCc2cccc3c2NCC3)c1. The van der Waals surface area contributed by atoms with Crippen molar-refractivity contribution in [2.45, 2.75) is 13.0 Å². The van der Waals surface area contributed by atoms with Gasteiger partial charge in [-0.05, 0) is 35.7 Å². The molecule has 0 radical (unpaired) electrons. The Bertz CT molecular complexity index is 667. The van der Waals surface area contributed by atoms with E-state index >= 15 is 0 Å². The summed E-state index contributed by atoms with van der Waals surface area (Å²) >= 11 is 0. The molecule has 0 aromatic heterocycles. The second kappa shape index (κ2) is 5.87. The van der Waals surface area contributed by atoms with E-state index in [1.807, 2.05) is 24.3 Å². The molecule has 108 valence electrons. The van der Waals surface area contributed by atoms with Crippen molar-refractivity contribution in [2.75, 3.05) is 24.2 Å². The largest absolute Gasteiger partial charge is 0.384 e. The number of hydrogen-bond acceptors (Lipinski definition) is 3. The average molecular weight is 281 g/mol. The number of carbonyl (C=O) groups is 1. The number of fused-ring (bicyclic) bond motifs is 1. The molecule has 0 saturated carbocycles. The Morgan fingerprint density at radius 3 is 2.95 bits per heavy atom. The van der Waals surface area contributed by atoms with Gasteiger partial charge in [0.2, 0.25) is 0 Å². The zero-order valence-corrected chi connectivity index (χ0v) is 12.1. The lowest BCUT2D eigenvalue weighted by atomic mass is 10.1. The van der Waals surface area contributed by atoms with Crippen molar-refractivity contribution in [2.24, 2.45) is 0 Å². The predicted molar refractivity (Wildman–Crippen MR) is 85.8 cm³/mol. The quantitative estimate of drug-likeness (QED) is 0.807. The van der Waals surface area contributed by atoms with Crippen LogP contribution in [0.3, 0.4) is 0 Å². The fourth-order valence-corrected chi connectivity index (χ4v) is 2.67. The summed E-state index contributed by atoms with van der Waals surface area (Å²) in [4.78, 5) is 11.6. The molecule has 3 N–H and O–H groups in total. The Balaban J connectivity index is 1.74. The van der Waals surface area contributed by atoms with Gasteiger partial charge in [0.1, 0.15) is 0 Å². The predicted octanol–water partition coefficient (Wildman–Crippen LogP) is 2.63. The first-order valence-corrected chi connectivity index (χ1v) is 7.18. The van der Waals surface area contributed by atoms with Crippen LogP contribution >= 0.6 is 0 Å². The molecule has 1 aliphatic rings. The molecule has 21 heavy (non-hydrogen) atoms. The summed E-state index contributed by atoms with van der Waals surface area (Å²) in [5.74, 6) is -0.0686. The van der Waals surface area contributed by atoms with Gasteiger partial charge in [0.25, 0.3) is 5.91 Å². The Kier molecular flexibility index (Phi) is 3.77. The number of carbonyl (C=O) groups excluding carboxylic acids is 1. The third kappa shape index (κ3) is 2.84. The summed E-state index contributed by atoms with van der Waals surface area (Å²) in [5.41, 5.74) is 5.52. The third-order valence-corrected chi connectivity index (χ3v) is 3.77. The summed E-state index contributed by atoms with van der Waals surface area (Å²) in [6.07, 6.45) is 1.09. The second-order valence-electron chi connectivity index (χ2n) is 5.14. The van der Waals surface area contributed by atoms with Gasteiger partial charge in [-0.15, -0.1) is 0 Å². The van der Waals surface area contributed by atoms with Crippen LogP contribution in [0, 0.1) is 0 Å². The van der Waals surface area contributed by atoms with Crippen molar-refractivity contribution >= 4 is 17.3 Å². The van der Waals surface area contributed by atoms with Gasteiger partial charge in [-0.2, -0.15) is 0 Å². The van der Waals surface area contributed by atoms with Gasteiger partial charge in [-0.25, -0.2) is 0 Å². The zero-order valence-electron chi connectivity index (χ0n) is 12.1. The van der Waals surface area contributed by atoms with E-state index in [0.717, 1.165) is 25.2 Å². The number of amides is 1. The molecule has 1 aliphatic heterocycles. The number of benzene rings is 2. The molecule has 1 amide bonds. The fraction of sp³-hybridized carbons (Fsp3) is 0.235. The highest BCUT2D eigenvalue weighted by molar-refractivity contribution is 5.94. The Morgan fingerprint density at radius 1 is 1.24 bits per heavy atom. The van der Waals surface area contributed by atoms with E-state index in [4.69, 9.17) is 0 Å². The maximum Gasteiger partial charge on any atom is 0.251 e. The average Bonchev–Trinajstić information content (AvgIpc) is 3.01. The third-order valence-electron chi connectivity index (χ3n) is 3.77. The number of anilines is 2. The number of nitrogens with one attached hydrogen (secondary N) is 3. The number of para-hydroxylation sites is 1. The summed E-state index contributed by atoms with van der Waals surface area (Å²) < 4.78 is 0. The molecule has 4 heteroatoms. The summed E-state index contributed by atoms with van der Waals surface area (Å²) in [6, 6.07) is 14.0. The Labute approximate surface area is 124 Å². The van der Waals surface area contributed by atoms with E-state index in [1.165, 1.54) is 16.8 Å². The van der Waals surface area contributed by atoms with Crippen LogP contribution in [0.2, 0.25) is 0 Å². The minimum Gasteiger partial charge on any atom is -0.384 e. The van der Waals surface area contributed by atoms with Crippen molar-refractivity contribution in [1.82, 2.24) is 5.32 Å². The first kappa shape index (κ1) is 13.5. The molecule has 0 saturated heterocycles. The molecule has 2 aromatic rings. The van der Waals surface area contributed by atoms with Gasteiger partial charge >= 0.3 is 0 Å². The highest BCUT2D eigenvalue weighted by Gasteiger charge is 2.13. The van der Waals surface area contributed by atoms with E-state index in [0.29, 0.717) is 5.56 Å². The first-order valence-electron chi connectivity index (χ1n) is 7.18. The van der Waals surface area contributed by atoms with Gasteiger partial charge in [0, 0.05) is 37.1 Å². The maximum absolute atomic E-state index is 11.6. The van der Waals surface area contributed by atoms with Crippen LogP contribution < -0.4 is 16.0 Å². The van der Waals surface area contributed by atoms with E-state index in [2.05, 4.69) is 34.1 Å². The highest BCUT2D eigenvalue weighted by atomic mass is 16.1. The summed E-state index contributed by atoms with van der Waals surface area (Å²) in [6.45, 7) is 1.76. The molecule has 0 fully saturated rings. The first-order chi connectivity index (χ1) is 10.3. The molecule has 0 atom stereocenters. The molecular formula is C17H19N3O. The van der Waals surface area contributed by atoms with Crippen molar-refractivity contribution in [1.29, 1.82) is 0 Å². The monoisotopic (exact) mass is 281 g/mol. The standard InChI is InChI=1S/C17H19N3O/c1-18-17(21)13-5-3-7-15(10-13)20-11-14-6-2-4-12-8-9-19-16(12)14/h2-7,10,19-20H,8-9,11H2,1H3,(H,18,21). The second-order valence-corrected chi connectivity index (χ2v) is 5.14. The van der Waals surface area contributed by atoms with Crippen LogP contribution in [0.4, 0.5) is 11.4 Å². The maximum atomic E-state index is 11.6. The lowest BCUT2D eigenvalue weighted by Gasteiger charge is -2.12. The van der Waals surface area contributed by atoms with Crippen molar-refractivity contribution in [3.05, 3.63) is 59.2 Å². The van der Waals surface area contributed by atoms with Gasteiger partial charge < -0.3 is 16.0 Å². The van der Waals surface area contributed by atoms with Gasteiger partial charge in [0.05, 0.1) is 0 Å². The van der Waals surface area contributed by atoms with Gasteiger partial charge in [0.15, 0.2) is 0 Å². The molecule has 0 bridgehead atoms. The highest BCUT2D eigenvalue weighted by Crippen LogP contribution is 2.27. The van der Waals surface area contributed by atoms with Crippen LogP contribution in [0.1, 0.15) is 21.5 Å². The van der Waals surface area contributed by atoms with E-state index in [-0.39, 0.29) is 5.91 Å². The van der Waals surface area contributed by atoms with Crippen LogP contribution in [0.15, 0.2) is 42.5 Å².